The second-order valence-corrected chi connectivity index (χ2v) is 5.17. The fourth-order valence-electron chi connectivity index (χ4n) is 2.07. The molecule has 0 fully saturated rings. The monoisotopic (exact) mass is 299 g/mol. The van der Waals surface area contributed by atoms with Gasteiger partial charge >= 0.3 is 0 Å². The van der Waals surface area contributed by atoms with Crippen molar-refractivity contribution in [3.63, 3.8) is 0 Å². The molecule has 22 heavy (non-hydrogen) atoms. The van der Waals surface area contributed by atoms with Crippen molar-refractivity contribution in [1.82, 2.24) is 5.32 Å². The lowest BCUT2D eigenvalue weighted by Crippen LogP contribution is -2.25. The molecule has 0 aromatic heterocycles. The molecule has 0 aliphatic rings. The second kappa shape index (κ2) is 8.20. The maximum absolute atomic E-state index is 12.0. The van der Waals surface area contributed by atoms with Gasteiger partial charge < -0.3 is 15.2 Å². The average molecular weight is 299 g/mol. The van der Waals surface area contributed by atoms with Gasteiger partial charge in [0.1, 0.15) is 5.75 Å². The van der Waals surface area contributed by atoms with E-state index < -0.39 is 0 Å². The van der Waals surface area contributed by atoms with Gasteiger partial charge in [0.15, 0.2) is 0 Å². The van der Waals surface area contributed by atoms with Crippen LogP contribution in [0.15, 0.2) is 48.5 Å². The number of aromatic hydroxyl groups is 1. The van der Waals surface area contributed by atoms with E-state index in [4.69, 9.17) is 4.74 Å². The van der Waals surface area contributed by atoms with Crippen LogP contribution in [0.4, 0.5) is 0 Å². The van der Waals surface area contributed by atoms with Crippen molar-refractivity contribution < 1.29 is 14.6 Å². The molecule has 2 aromatic carbocycles. The summed E-state index contributed by atoms with van der Waals surface area (Å²) in [4.78, 5) is 12.0. The van der Waals surface area contributed by atoms with Gasteiger partial charge in [-0.25, -0.2) is 0 Å². The summed E-state index contributed by atoms with van der Waals surface area (Å²) in [7, 11) is 0. The van der Waals surface area contributed by atoms with Crippen LogP contribution < -0.4 is 5.32 Å². The Hall–Kier alpha value is -2.33. The third-order valence-electron chi connectivity index (χ3n) is 3.26. The number of nitrogens with one attached hydrogen (secondary N) is 1. The maximum atomic E-state index is 12.0. The number of amides is 1. The van der Waals surface area contributed by atoms with Crippen molar-refractivity contribution in [3.05, 3.63) is 65.2 Å². The van der Waals surface area contributed by atoms with Crippen molar-refractivity contribution >= 4 is 5.91 Å². The van der Waals surface area contributed by atoms with Crippen LogP contribution in [0.5, 0.6) is 5.75 Å². The van der Waals surface area contributed by atoms with Gasteiger partial charge in [-0.2, -0.15) is 0 Å². The molecule has 4 heteroatoms. The van der Waals surface area contributed by atoms with Crippen LogP contribution >= 0.6 is 0 Å². The molecule has 0 spiro atoms. The predicted octanol–water partition coefficient (Wildman–Crippen LogP) is 3.04. The fourth-order valence-corrected chi connectivity index (χ4v) is 2.07. The summed E-state index contributed by atoms with van der Waals surface area (Å²) in [6.07, 6.45) is 0.727. The number of benzene rings is 2. The van der Waals surface area contributed by atoms with Crippen LogP contribution in [0.25, 0.3) is 0 Å². The molecule has 0 aliphatic heterocycles. The van der Waals surface area contributed by atoms with Crippen LogP contribution in [0.3, 0.4) is 0 Å². The number of carbonyl (C=O) groups is 1. The Labute approximate surface area is 130 Å². The molecule has 0 heterocycles. The van der Waals surface area contributed by atoms with Gasteiger partial charge in [-0.1, -0.05) is 42.0 Å². The number of phenols is 1. The second-order valence-electron chi connectivity index (χ2n) is 5.17. The van der Waals surface area contributed by atoms with Gasteiger partial charge in [0.2, 0.25) is 0 Å². The molecule has 0 bridgehead atoms. The quantitative estimate of drug-likeness (QED) is 0.773. The number of carbonyl (C=O) groups excluding carboxylic acids is 1. The standard InChI is InChI=1S/C18H21NO3/c1-14-8-9-17(20)16(12-14)18(21)19-10-5-11-22-13-15-6-3-2-4-7-15/h2-4,6-9,12,20H,5,10-11,13H2,1H3,(H,19,21). The molecule has 0 unspecified atom stereocenters. The largest absolute Gasteiger partial charge is 0.507 e. The van der Waals surface area contributed by atoms with E-state index in [2.05, 4.69) is 5.32 Å². The van der Waals surface area contributed by atoms with Crippen LogP contribution in [0.2, 0.25) is 0 Å². The van der Waals surface area contributed by atoms with Crippen molar-refractivity contribution in [1.29, 1.82) is 0 Å². The number of rotatable bonds is 7. The van der Waals surface area contributed by atoms with E-state index in [-0.39, 0.29) is 11.7 Å². The SMILES string of the molecule is Cc1ccc(O)c(C(=O)NCCCOCc2ccccc2)c1. The lowest BCUT2D eigenvalue weighted by atomic mass is 10.1. The van der Waals surface area contributed by atoms with E-state index >= 15 is 0 Å². The minimum absolute atomic E-state index is 0.00317. The first-order valence-corrected chi connectivity index (χ1v) is 7.36. The Kier molecular flexibility index (Phi) is 5.98. The molecule has 0 aliphatic carbocycles. The predicted molar refractivity (Wildman–Crippen MR) is 85.9 cm³/mol. The summed E-state index contributed by atoms with van der Waals surface area (Å²) in [5, 5.41) is 12.5. The minimum atomic E-state index is -0.260. The summed E-state index contributed by atoms with van der Waals surface area (Å²) in [6, 6.07) is 14.9. The Morgan fingerprint density at radius 2 is 1.95 bits per heavy atom. The Morgan fingerprint density at radius 3 is 2.73 bits per heavy atom. The first-order valence-electron chi connectivity index (χ1n) is 7.36. The highest BCUT2D eigenvalue weighted by Gasteiger charge is 2.10. The molecule has 4 nitrogen and oxygen atoms in total. The fraction of sp³-hybridized carbons (Fsp3) is 0.278. The van der Waals surface area contributed by atoms with Crippen LogP contribution in [-0.2, 0) is 11.3 Å². The lowest BCUT2D eigenvalue weighted by Gasteiger charge is -2.08. The van der Waals surface area contributed by atoms with Crippen molar-refractivity contribution in [2.24, 2.45) is 0 Å². The number of hydrogen-bond acceptors (Lipinski definition) is 3. The van der Waals surface area contributed by atoms with E-state index in [0.717, 1.165) is 17.5 Å². The topological polar surface area (TPSA) is 58.6 Å². The molecule has 0 saturated carbocycles. The molecule has 1 amide bonds. The molecular weight excluding hydrogens is 278 g/mol. The van der Waals surface area contributed by atoms with Crippen molar-refractivity contribution in [3.8, 4) is 5.75 Å². The van der Waals surface area contributed by atoms with E-state index in [1.165, 1.54) is 6.07 Å². The zero-order valence-corrected chi connectivity index (χ0v) is 12.7. The van der Waals surface area contributed by atoms with Gasteiger partial charge in [0, 0.05) is 13.2 Å². The highest BCUT2D eigenvalue weighted by molar-refractivity contribution is 5.96. The van der Waals surface area contributed by atoms with Gasteiger partial charge in [-0.05, 0) is 31.0 Å². The number of aryl methyl sites for hydroxylation is 1. The molecule has 0 saturated heterocycles. The zero-order valence-electron chi connectivity index (χ0n) is 12.7. The normalized spacial score (nSPS) is 10.4. The van der Waals surface area contributed by atoms with Gasteiger partial charge in [0.05, 0.1) is 12.2 Å². The molecule has 2 aromatic rings. The molecule has 0 atom stereocenters. The Morgan fingerprint density at radius 1 is 1.18 bits per heavy atom. The molecular formula is C18H21NO3. The maximum Gasteiger partial charge on any atom is 0.255 e. The van der Waals surface area contributed by atoms with E-state index in [0.29, 0.717) is 25.3 Å². The van der Waals surface area contributed by atoms with Crippen molar-refractivity contribution in [2.75, 3.05) is 13.2 Å². The van der Waals surface area contributed by atoms with E-state index in [9.17, 15) is 9.90 Å². The molecule has 0 radical (unpaired) electrons. The van der Waals surface area contributed by atoms with Crippen LogP contribution in [0.1, 0.15) is 27.9 Å². The van der Waals surface area contributed by atoms with Gasteiger partial charge in [-0.3, -0.25) is 4.79 Å². The molecule has 2 rings (SSSR count). The smallest absolute Gasteiger partial charge is 0.255 e. The number of ether oxygens (including phenoxy) is 1. The van der Waals surface area contributed by atoms with E-state index in [1.807, 2.05) is 37.3 Å². The Bertz CT molecular complexity index is 611. The van der Waals surface area contributed by atoms with Gasteiger partial charge in [-0.15, -0.1) is 0 Å². The lowest BCUT2D eigenvalue weighted by molar-refractivity contribution is 0.0932. The summed E-state index contributed by atoms with van der Waals surface area (Å²) in [6.45, 7) is 3.55. The molecule has 116 valence electrons. The third kappa shape index (κ3) is 4.90. The van der Waals surface area contributed by atoms with Crippen LogP contribution in [0, 0.1) is 6.92 Å². The highest BCUT2D eigenvalue weighted by Crippen LogP contribution is 2.17. The average Bonchev–Trinajstić information content (AvgIpc) is 2.54. The summed E-state index contributed by atoms with van der Waals surface area (Å²) in [5.41, 5.74) is 2.38. The number of phenolic OH excluding ortho intramolecular Hbond substituents is 1. The minimum Gasteiger partial charge on any atom is -0.507 e. The summed E-state index contributed by atoms with van der Waals surface area (Å²) >= 11 is 0. The Balaban J connectivity index is 1.66. The number of hydrogen-bond donors (Lipinski definition) is 2. The summed E-state index contributed by atoms with van der Waals surface area (Å²) in [5.74, 6) is -0.257. The molecule has 2 N–H and O–H groups in total. The first-order chi connectivity index (χ1) is 10.7. The highest BCUT2D eigenvalue weighted by atomic mass is 16.5. The summed E-state index contributed by atoms with van der Waals surface area (Å²) < 4.78 is 5.55. The van der Waals surface area contributed by atoms with Crippen molar-refractivity contribution in [2.45, 2.75) is 20.0 Å². The third-order valence-corrected chi connectivity index (χ3v) is 3.26. The first kappa shape index (κ1) is 16.0. The van der Waals surface area contributed by atoms with Gasteiger partial charge in [0.25, 0.3) is 5.91 Å². The van der Waals surface area contributed by atoms with Crippen LogP contribution in [-0.4, -0.2) is 24.2 Å². The van der Waals surface area contributed by atoms with E-state index in [1.54, 1.807) is 12.1 Å². The zero-order chi connectivity index (χ0) is 15.8.